The van der Waals surface area contributed by atoms with E-state index in [-0.39, 0.29) is 28.7 Å². The third-order valence-corrected chi connectivity index (χ3v) is 7.38. The predicted molar refractivity (Wildman–Crippen MR) is 93.8 cm³/mol. The minimum absolute atomic E-state index is 0.0444. The van der Waals surface area contributed by atoms with Gasteiger partial charge in [-0.2, -0.15) is 0 Å². The highest BCUT2D eigenvalue weighted by atomic mass is 32.2. The van der Waals surface area contributed by atoms with Crippen LogP contribution < -0.4 is 0 Å². The highest BCUT2D eigenvalue weighted by molar-refractivity contribution is 7.99. The van der Waals surface area contributed by atoms with Gasteiger partial charge in [0.1, 0.15) is 17.4 Å². The Balaban J connectivity index is 1.37. The maximum atomic E-state index is 12.3. The number of ether oxygens (including phenoxy) is 1. The van der Waals surface area contributed by atoms with E-state index >= 15 is 0 Å². The maximum Gasteiger partial charge on any atom is 0.316 e. The van der Waals surface area contributed by atoms with E-state index in [1.807, 2.05) is 24.3 Å². The standard InChI is InChI=1S/C19H23NO3S/c1-18(2)12-8-9-19(18,3)15(10-12)23-16(21)11-24-17-20-13-6-4-5-7-14(13)22-17/h4-7,12,15H,8-11H2,1-3H3/t12-,15+,19+/m0/s1. The van der Waals surface area contributed by atoms with Gasteiger partial charge in [0.05, 0.1) is 0 Å². The van der Waals surface area contributed by atoms with Crippen molar-refractivity contribution in [2.75, 3.05) is 5.75 Å². The second-order valence-corrected chi connectivity index (χ2v) is 8.75. The number of thioether (sulfide) groups is 1. The first-order valence-corrected chi connectivity index (χ1v) is 9.56. The van der Waals surface area contributed by atoms with Gasteiger partial charge < -0.3 is 9.15 Å². The van der Waals surface area contributed by atoms with Crippen molar-refractivity contribution in [2.45, 2.75) is 51.4 Å². The SMILES string of the molecule is CC1(C)[C@H]2CC[C@]1(C)[C@H](OC(=O)CSc1nc3ccccc3o1)C2. The van der Waals surface area contributed by atoms with Gasteiger partial charge >= 0.3 is 5.97 Å². The van der Waals surface area contributed by atoms with E-state index in [1.165, 1.54) is 18.2 Å². The van der Waals surface area contributed by atoms with Crippen molar-refractivity contribution < 1.29 is 13.9 Å². The van der Waals surface area contributed by atoms with Crippen LogP contribution in [0.1, 0.15) is 40.0 Å². The van der Waals surface area contributed by atoms with E-state index in [1.54, 1.807) is 0 Å². The molecule has 0 spiro atoms. The topological polar surface area (TPSA) is 52.3 Å². The summed E-state index contributed by atoms with van der Waals surface area (Å²) in [6, 6.07) is 7.61. The molecule has 2 fully saturated rings. The predicted octanol–water partition coefficient (Wildman–Crippen LogP) is 4.68. The largest absolute Gasteiger partial charge is 0.461 e. The Hall–Kier alpha value is -1.49. The summed E-state index contributed by atoms with van der Waals surface area (Å²) in [5.41, 5.74) is 1.92. The zero-order valence-electron chi connectivity index (χ0n) is 14.4. The Morgan fingerprint density at radius 3 is 2.83 bits per heavy atom. The molecule has 0 N–H and O–H groups in total. The van der Waals surface area contributed by atoms with Crippen molar-refractivity contribution in [3.8, 4) is 0 Å². The highest BCUT2D eigenvalue weighted by Crippen LogP contribution is 2.66. The van der Waals surface area contributed by atoms with Crippen LogP contribution in [0.25, 0.3) is 11.1 Å². The smallest absolute Gasteiger partial charge is 0.316 e. The number of hydrogen-bond donors (Lipinski definition) is 0. The monoisotopic (exact) mass is 345 g/mol. The Morgan fingerprint density at radius 1 is 1.38 bits per heavy atom. The third kappa shape index (κ3) is 2.36. The fourth-order valence-corrected chi connectivity index (χ4v) is 5.16. The first-order valence-electron chi connectivity index (χ1n) is 8.58. The summed E-state index contributed by atoms with van der Waals surface area (Å²) < 4.78 is 11.5. The molecule has 1 aromatic carbocycles. The molecule has 1 aromatic heterocycles. The molecule has 0 amide bonds. The van der Waals surface area contributed by atoms with Crippen molar-refractivity contribution in [1.82, 2.24) is 4.98 Å². The third-order valence-electron chi connectivity index (χ3n) is 6.58. The molecule has 2 aliphatic rings. The number of aromatic nitrogens is 1. The number of rotatable bonds is 4. The van der Waals surface area contributed by atoms with E-state index in [9.17, 15) is 4.79 Å². The van der Waals surface area contributed by atoms with Gasteiger partial charge in [0.2, 0.25) is 0 Å². The normalized spacial score (nSPS) is 30.8. The molecule has 0 radical (unpaired) electrons. The molecule has 0 unspecified atom stereocenters. The van der Waals surface area contributed by atoms with Crippen LogP contribution in [-0.2, 0) is 9.53 Å². The number of esters is 1. The molecule has 2 bridgehead atoms. The van der Waals surface area contributed by atoms with Crippen molar-refractivity contribution in [1.29, 1.82) is 0 Å². The summed E-state index contributed by atoms with van der Waals surface area (Å²) in [4.78, 5) is 16.7. The van der Waals surface area contributed by atoms with Crippen LogP contribution in [0.4, 0.5) is 0 Å². The van der Waals surface area contributed by atoms with Gasteiger partial charge in [-0.1, -0.05) is 44.7 Å². The van der Waals surface area contributed by atoms with Crippen LogP contribution in [0.2, 0.25) is 0 Å². The molecule has 1 heterocycles. The Labute approximate surface area is 146 Å². The molecule has 2 aromatic rings. The van der Waals surface area contributed by atoms with Gasteiger partial charge in [-0.05, 0) is 42.7 Å². The molecule has 128 valence electrons. The zero-order valence-corrected chi connectivity index (χ0v) is 15.2. The molecule has 2 saturated carbocycles. The number of oxazole rings is 1. The molecule has 5 heteroatoms. The number of hydrogen-bond acceptors (Lipinski definition) is 5. The molecular formula is C19H23NO3S. The van der Waals surface area contributed by atoms with E-state index < -0.39 is 0 Å². The average molecular weight is 345 g/mol. The summed E-state index contributed by atoms with van der Waals surface area (Å²) in [6.45, 7) is 6.93. The van der Waals surface area contributed by atoms with Gasteiger partial charge in [-0.3, -0.25) is 4.79 Å². The summed E-state index contributed by atoms with van der Waals surface area (Å²) in [7, 11) is 0. The summed E-state index contributed by atoms with van der Waals surface area (Å²) in [5.74, 6) is 0.742. The number of carbonyl (C=O) groups is 1. The quantitative estimate of drug-likeness (QED) is 0.595. The summed E-state index contributed by atoms with van der Waals surface area (Å²) >= 11 is 1.30. The van der Waals surface area contributed by atoms with Crippen LogP contribution >= 0.6 is 11.8 Å². The lowest BCUT2D eigenvalue weighted by molar-refractivity contribution is -0.153. The van der Waals surface area contributed by atoms with Crippen LogP contribution in [0.3, 0.4) is 0 Å². The molecule has 0 aliphatic heterocycles. The minimum atomic E-state index is -0.170. The number of para-hydroxylation sites is 2. The number of carbonyl (C=O) groups excluding carboxylic acids is 1. The fourth-order valence-electron chi connectivity index (χ4n) is 4.53. The Kier molecular flexibility index (Phi) is 3.68. The fraction of sp³-hybridized carbons (Fsp3) is 0.579. The second kappa shape index (κ2) is 5.51. The van der Waals surface area contributed by atoms with Crippen LogP contribution in [0, 0.1) is 16.7 Å². The van der Waals surface area contributed by atoms with Crippen molar-refractivity contribution in [2.24, 2.45) is 16.7 Å². The Bertz CT molecular complexity index is 751. The number of fused-ring (bicyclic) bond motifs is 3. The van der Waals surface area contributed by atoms with E-state index in [4.69, 9.17) is 9.15 Å². The maximum absolute atomic E-state index is 12.3. The minimum Gasteiger partial charge on any atom is -0.461 e. The summed E-state index contributed by atoms with van der Waals surface area (Å²) in [5, 5.41) is 0.521. The van der Waals surface area contributed by atoms with Gasteiger partial charge in [-0.25, -0.2) is 4.98 Å². The Morgan fingerprint density at radius 2 is 2.17 bits per heavy atom. The van der Waals surface area contributed by atoms with Crippen LogP contribution in [0.15, 0.2) is 33.9 Å². The van der Waals surface area contributed by atoms with E-state index in [0.717, 1.165) is 23.9 Å². The van der Waals surface area contributed by atoms with Crippen molar-refractivity contribution in [3.05, 3.63) is 24.3 Å². The second-order valence-electron chi connectivity index (χ2n) is 7.83. The lowest BCUT2D eigenvalue weighted by Crippen LogP contribution is -2.38. The molecule has 4 nitrogen and oxygen atoms in total. The van der Waals surface area contributed by atoms with Gasteiger partial charge in [-0.15, -0.1) is 0 Å². The van der Waals surface area contributed by atoms with Crippen LogP contribution in [0.5, 0.6) is 0 Å². The van der Waals surface area contributed by atoms with Gasteiger partial charge in [0.15, 0.2) is 5.58 Å². The average Bonchev–Trinajstić information content (AvgIpc) is 3.11. The molecule has 3 atom stereocenters. The molecule has 4 rings (SSSR count). The molecular weight excluding hydrogens is 322 g/mol. The zero-order chi connectivity index (χ0) is 16.9. The van der Waals surface area contributed by atoms with E-state index in [0.29, 0.717) is 11.1 Å². The van der Waals surface area contributed by atoms with Gasteiger partial charge in [0.25, 0.3) is 5.22 Å². The number of benzene rings is 1. The van der Waals surface area contributed by atoms with E-state index in [2.05, 4.69) is 25.8 Å². The van der Waals surface area contributed by atoms with Crippen molar-refractivity contribution >= 4 is 28.8 Å². The molecule has 0 saturated heterocycles. The number of nitrogens with zero attached hydrogens (tertiary/aromatic N) is 1. The van der Waals surface area contributed by atoms with Gasteiger partial charge in [0, 0.05) is 5.41 Å². The highest BCUT2D eigenvalue weighted by Gasteiger charge is 2.62. The first-order chi connectivity index (χ1) is 11.4. The molecule has 24 heavy (non-hydrogen) atoms. The van der Waals surface area contributed by atoms with Crippen LogP contribution in [-0.4, -0.2) is 22.8 Å². The molecule has 2 aliphatic carbocycles. The lowest BCUT2D eigenvalue weighted by Gasteiger charge is -2.38. The summed E-state index contributed by atoms with van der Waals surface area (Å²) in [6.07, 6.45) is 3.46. The lowest BCUT2D eigenvalue weighted by atomic mass is 9.70. The first kappa shape index (κ1) is 16.0. The van der Waals surface area contributed by atoms with Crippen molar-refractivity contribution in [3.63, 3.8) is 0 Å².